The summed E-state index contributed by atoms with van der Waals surface area (Å²) in [6.07, 6.45) is 1.73. The van der Waals surface area contributed by atoms with E-state index < -0.39 is 0 Å². The number of pyridine rings is 2. The maximum atomic E-state index is 5.71. The molecule has 0 atom stereocenters. The lowest BCUT2D eigenvalue weighted by molar-refractivity contribution is 0.464. The number of aryl methyl sites for hydroxylation is 1. The molecular formula is C15H11BrN2O. The molecule has 0 saturated carbocycles. The summed E-state index contributed by atoms with van der Waals surface area (Å²) in [4.78, 5) is 8.64. The van der Waals surface area contributed by atoms with Crippen molar-refractivity contribution >= 4 is 27.0 Å². The minimum absolute atomic E-state index is 0.547. The number of halogens is 1. The summed E-state index contributed by atoms with van der Waals surface area (Å²) in [6, 6.07) is 13.6. The van der Waals surface area contributed by atoms with Crippen molar-refractivity contribution < 1.29 is 4.74 Å². The fourth-order valence-corrected chi connectivity index (χ4v) is 2.10. The van der Waals surface area contributed by atoms with Crippen LogP contribution in [0, 0.1) is 6.92 Å². The largest absolute Gasteiger partial charge is 0.439 e. The van der Waals surface area contributed by atoms with Crippen molar-refractivity contribution in [2.45, 2.75) is 6.92 Å². The molecule has 2 heterocycles. The molecule has 3 aromatic rings. The molecule has 0 aliphatic heterocycles. The zero-order chi connectivity index (χ0) is 13.2. The van der Waals surface area contributed by atoms with E-state index in [0.717, 1.165) is 15.6 Å². The molecular weight excluding hydrogens is 304 g/mol. The van der Waals surface area contributed by atoms with Crippen LogP contribution in [-0.4, -0.2) is 9.97 Å². The Balaban J connectivity index is 1.93. The van der Waals surface area contributed by atoms with Gasteiger partial charge in [-0.3, -0.25) is 0 Å². The molecule has 1 aromatic carbocycles. The molecule has 4 heteroatoms. The number of fused-ring (bicyclic) bond motifs is 1. The highest BCUT2D eigenvalue weighted by molar-refractivity contribution is 9.10. The van der Waals surface area contributed by atoms with Gasteiger partial charge in [0, 0.05) is 22.1 Å². The first-order valence-electron chi connectivity index (χ1n) is 5.87. The van der Waals surface area contributed by atoms with Crippen molar-refractivity contribution in [1.82, 2.24) is 9.97 Å². The Morgan fingerprint density at radius 1 is 1.05 bits per heavy atom. The molecule has 0 aliphatic rings. The summed E-state index contributed by atoms with van der Waals surface area (Å²) < 4.78 is 6.65. The van der Waals surface area contributed by atoms with Gasteiger partial charge in [-0.25, -0.2) is 4.98 Å². The Labute approximate surface area is 119 Å². The van der Waals surface area contributed by atoms with Gasteiger partial charge in [0.1, 0.15) is 5.75 Å². The van der Waals surface area contributed by atoms with E-state index in [1.807, 2.05) is 49.4 Å². The molecule has 0 amide bonds. The second-order valence-corrected chi connectivity index (χ2v) is 5.18. The number of hydrogen-bond donors (Lipinski definition) is 0. The van der Waals surface area contributed by atoms with Gasteiger partial charge in [0.05, 0.1) is 0 Å². The molecule has 0 spiro atoms. The van der Waals surface area contributed by atoms with Crippen molar-refractivity contribution in [2.24, 2.45) is 0 Å². The highest BCUT2D eigenvalue weighted by atomic mass is 79.9. The van der Waals surface area contributed by atoms with Crippen molar-refractivity contribution in [3.8, 4) is 11.6 Å². The molecule has 94 valence electrons. The summed E-state index contributed by atoms with van der Waals surface area (Å²) in [5.74, 6) is 1.32. The molecule has 3 rings (SSSR count). The zero-order valence-corrected chi connectivity index (χ0v) is 11.9. The fraction of sp³-hybridized carbons (Fsp3) is 0.0667. The van der Waals surface area contributed by atoms with Crippen molar-refractivity contribution in [3.05, 3.63) is 58.7 Å². The van der Waals surface area contributed by atoms with Gasteiger partial charge in [-0.1, -0.05) is 17.7 Å². The topological polar surface area (TPSA) is 35.0 Å². The van der Waals surface area contributed by atoms with Crippen LogP contribution in [0.25, 0.3) is 11.0 Å². The zero-order valence-electron chi connectivity index (χ0n) is 10.3. The van der Waals surface area contributed by atoms with Gasteiger partial charge in [-0.2, -0.15) is 4.98 Å². The van der Waals surface area contributed by atoms with Crippen LogP contribution < -0.4 is 4.74 Å². The third-order valence-corrected chi connectivity index (χ3v) is 3.16. The molecule has 0 radical (unpaired) electrons. The van der Waals surface area contributed by atoms with E-state index in [2.05, 4.69) is 25.9 Å². The van der Waals surface area contributed by atoms with Gasteiger partial charge in [0.25, 0.3) is 0 Å². The van der Waals surface area contributed by atoms with Crippen LogP contribution in [0.4, 0.5) is 0 Å². The van der Waals surface area contributed by atoms with Gasteiger partial charge < -0.3 is 4.74 Å². The number of ether oxygens (including phenoxy) is 1. The van der Waals surface area contributed by atoms with Crippen LogP contribution in [-0.2, 0) is 0 Å². The minimum atomic E-state index is 0.547. The van der Waals surface area contributed by atoms with E-state index >= 15 is 0 Å². The van der Waals surface area contributed by atoms with Crippen LogP contribution >= 0.6 is 15.9 Å². The highest BCUT2D eigenvalue weighted by Crippen LogP contribution is 2.23. The quantitative estimate of drug-likeness (QED) is 0.699. The van der Waals surface area contributed by atoms with Gasteiger partial charge >= 0.3 is 0 Å². The van der Waals surface area contributed by atoms with Crippen molar-refractivity contribution in [1.29, 1.82) is 0 Å². The third kappa shape index (κ3) is 2.74. The maximum Gasteiger partial charge on any atom is 0.221 e. The van der Waals surface area contributed by atoms with Crippen LogP contribution in [0.3, 0.4) is 0 Å². The first-order chi connectivity index (χ1) is 9.20. The third-order valence-electron chi connectivity index (χ3n) is 2.73. The Kier molecular flexibility index (Phi) is 3.17. The molecule has 0 saturated heterocycles. The molecule has 0 unspecified atom stereocenters. The highest BCUT2D eigenvalue weighted by Gasteiger charge is 2.02. The van der Waals surface area contributed by atoms with Crippen LogP contribution in [0.5, 0.6) is 11.6 Å². The predicted molar refractivity (Wildman–Crippen MR) is 78.5 cm³/mol. The van der Waals surface area contributed by atoms with E-state index in [-0.39, 0.29) is 0 Å². The molecule has 0 aliphatic carbocycles. The lowest BCUT2D eigenvalue weighted by atomic mass is 10.2. The van der Waals surface area contributed by atoms with Gasteiger partial charge in [0.2, 0.25) is 5.88 Å². The molecule has 3 nitrogen and oxygen atoms in total. The van der Waals surface area contributed by atoms with Crippen molar-refractivity contribution in [3.63, 3.8) is 0 Å². The SMILES string of the molecule is Cc1ccc(Oc2ccc3cc(Br)cnc3n2)cc1. The normalized spacial score (nSPS) is 10.6. The molecule has 0 bridgehead atoms. The van der Waals surface area contributed by atoms with E-state index in [9.17, 15) is 0 Å². The number of benzene rings is 1. The molecule has 0 fully saturated rings. The van der Waals surface area contributed by atoms with Gasteiger partial charge in [-0.05, 0) is 47.1 Å². The Bertz CT molecular complexity index is 726. The minimum Gasteiger partial charge on any atom is -0.439 e. The summed E-state index contributed by atoms with van der Waals surface area (Å²) in [5.41, 5.74) is 1.87. The fourth-order valence-electron chi connectivity index (χ4n) is 1.75. The summed E-state index contributed by atoms with van der Waals surface area (Å²) in [7, 11) is 0. The summed E-state index contributed by atoms with van der Waals surface area (Å²) in [6.45, 7) is 2.04. The molecule has 19 heavy (non-hydrogen) atoms. The van der Waals surface area contributed by atoms with E-state index in [1.165, 1.54) is 5.56 Å². The van der Waals surface area contributed by atoms with Gasteiger partial charge in [-0.15, -0.1) is 0 Å². The monoisotopic (exact) mass is 314 g/mol. The maximum absolute atomic E-state index is 5.71. The van der Waals surface area contributed by atoms with Crippen LogP contribution in [0.1, 0.15) is 5.56 Å². The molecule has 0 N–H and O–H groups in total. The number of rotatable bonds is 2. The second kappa shape index (κ2) is 4.97. The smallest absolute Gasteiger partial charge is 0.221 e. The van der Waals surface area contributed by atoms with Crippen LogP contribution in [0.2, 0.25) is 0 Å². The number of hydrogen-bond acceptors (Lipinski definition) is 3. The van der Waals surface area contributed by atoms with E-state index in [4.69, 9.17) is 4.74 Å². The summed E-state index contributed by atoms with van der Waals surface area (Å²) >= 11 is 3.39. The average Bonchev–Trinajstić information content (AvgIpc) is 2.42. The standard InChI is InChI=1S/C15H11BrN2O/c1-10-2-5-13(6-3-10)19-14-7-4-11-8-12(16)9-17-15(11)18-14/h2-9H,1H3. The Morgan fingerprint density at radius 3 is 2.63 bits per heavy atom. The summed E-state index contributed by atoms with van der Waals surface area (Å²) in [5, 5.41) is 0.977. The Morgan fingerprint density at radius 2 is 1.84 bits per heavy atom. The first kappa shape index (κ1) is 12.1. The van der Waals surface area contributed by atoms with Crippen molar-refractivity contribution in [2.75, 3.05) is 0 Å². The van der Waals surface area contributed by atoms with E-state index in [1.54, 1.807) is 6.20 Å². The lowest BCUT2D eigenvalue weighted by Gasteiger charge is -2.05. The van der Waals surface area contributed by atoms with Crippen LogP contribution in [0.15, 0.2) is 53.1 Å². The number of nitrogens with zero attached hydrogens (tertiary/aromatic N) is 2. The molecule has 2 aromatic heterocycles. The number of aromatic nitrogens is 2. The lowest BCUT2D eigenvalue weighted by Crippen LogP contribution is -1.90. The predicted octanol–water partition coefficient (Wildman–Crippen LogP) is 4.49. The first-order valence-corrected chi connectivity index (χ1v) is 6.67. The van der Waals surface area contributed by atoms with Gasteiger partial charge in [0.15, 0.2) is 5.65 Å². The second-order valence-electron chi connectivity index (χ2n) is 4.26. The van der Waals surface area contributed by atoms with E-state index in [0.29, 0.717) is 11.5 Å². The Hall–Kier alpha value is -1.94. The average molecular weight is 315 g/mol.